The molecule has 29 nitrogen and oxygen atoms in total. The van der Waals surface area contributed by atoms with Crippen molar-refractivity contribution in [2.75, 3.05) is 111 Å². The molecule has 17 N–H and O–H groups in total. The first kappa shape index (κ1) is 91.2. The highest BCUT2D eigenvalue weighted by Gasteiger charge is 2.64. The molecule has 7 fully saturated rings. The van der Waals surface area contributed by atoms with Crippen molar-refractivity contribution in [1.29, 1.82) is 0 Å². The predicted octanol–water partition coefficient (Wildman–Crippen LogP) is 4.60. The molecule has 0 aliphatic carbocycles. The largest absolute Gasteiger partial charge is 0.390 e. The number of rotatable bonds is 20. The fourth-order valence-corrected chi connectivity index (χ4v) is 19.3. The molecule has 0 spiro atoms. The van der Waals surface area contributed by atoms with Crippen LogP contribution in [0.25, 0.3) is 0 Å². The van der Waals surface area contributed by atoms with Crippen LogP contribution in [0.3, 0.4) is 0 Å². The van der Waals surface area contributed by atoms with E-state index < -0.39 is 142 Å². The maximum Gasteiger partial charge on any atom is 0.166 e. The molecule has 4 bridgehead atoms. The first-order valence-corrected chi connectivity index (χ1v) is 52.4. The van der Waals surface area contributed by atoms with Gasteiger partial charge in [-0.15, -0.1) is 65.9 Å². The minimum absolute atomic E-state index is 0.189. The number of amidine groups is 5. The van der Waals surface area contributed by atoms with Crippen LogP contribution in [-0.4, -0.2) is 346 Å². The Kier molecular flexibility index (Phi) is 28.3. The van der Waals surface area contributed by atoms with E-state index in [1.54, 1.807) is 64.5 Å². The summed E-state index contributed by atoms with van der Waals surface area (Å²) in [5.74, 6) is 4.27. The first-order chi connectivity index (χ1) is 50.9. The lowest BCUT2D eigenvalue weighted by molar-refractivity contribution is -0.181. The smallest absolute Gasteiger partial charge is 0.166 e. The molecule has 0 radical (unpaired) electrons. The summed E-state index contributed by atoms with van der Waals surface area (Å²) in [6, 6.07) is 0. The van der Waals surface area contributed by atoms with E-state index in [0.717, 1.165) is 55.6 Å². The second kappa shape index (κ2) is 34.5. The lowest BCUT2D eigenvalue weighted by atomic mass is 9.83. The van der Waals surface area contributed by atoms with E-state index in [9.17, 15) is 35.7 Å². The van der Waals surface area contributed by atoms with Crippen molar-refractivity contribution in [3.8, 4) is 0 Å². The average molecular weight is 1640 g/mol. The summed E-state index contributed by atoms with van der Waals surface area (Å²) in [5, 5.41) is 73.9. The van der Waals surface area contributed by atoms with Crippen molar-refractivity contribution in [2.24, 2.45) is 59.0 Å². The van der Waals surface area contributed by atoms with Gasteiger partial charge in [-0.05, 0) is 175 Å². The Morgan fingerprint density at radius 1 is 0.441 bits per heavy atom. The fourth-order valence-electron chi connectivity index (χ4n) is 14.4. The highest BCUT2D eigenvalue weighted by molar-refractivity contribution is 7.73. The Morgan fingerprint density at radius 2 is 0.784 bits per heavy atom. The number of hydrogen-bond acceptors (Lipinski definition) is 29. The van der Waals surface area contributed by atoms with Gasteiger partial charge in [-0.25, -0.2) is 25.0 Å². The fraction of sp³-hybridized carbons (Fsp3) is 0.610. The highest BCUT2D eigenvalue weighted by Crippen LogP contribution is 2.52. The van der Waals surface area contributed by atoms with Gasteiger partial charge in [0.1, 0.15) is 124 Å². The quantitative estimate of drug-likeness (QED) is 0.0741. The third-order valence-electron chi connectivity index (χ3n) is 21.4. The molecule has 7 saturated heterocycles. The average Bonchev–Trinajstić information content (AvgIpc) is 1.65. The Hall–Kier alpha value is -5.31. The van der Waals surface area contributed by atoms with Crippen LogP contribution in [-0.2, 0) is 33.2 Å². The summed E-state index contributed by atoms with van der Waals surface area (Å²) in [7, 11) is 0. The van der Waals surface area contributed by atoms with E-state index in [4.69, 9.17) is 61.8 Å². The molecule has 19 atom stereocenters. The summed E-state index contributed by atoms with van der Waals surface area (Å²) in [5.41, 5.74) is 25.3. The van der Waals surface area contributed by atoms with Crippen LogP contribution in [0.2, 0.25) is 0 Å². The third kappa shape index (κ3) is 21.9. The molecule has 0 aromatic heterocycles. The number of hydrogen-bond donors (Lipinski definition) is 12. The van der Waals surface area contributed by atoms with Crippen LogP contribution in [0.4, 0.5) is 0 Å². The van der Waals surface area contributed by atoms with Gasteiger partial charge in [0, 0.05) is 42.0 Å². The van der Waals surface area contributed by atoms with E-state index in [0.29, 0.717) is 84.3 Å². The molecule has 0 aromatic carbocycles. The maximum atomic E-state index is 10.7. The molecule has 12 heterocycles. The van der Waals surface area contributed by atoms with Gasteiger partial charge >= 0.3 is 0 Å². The Morgan fingerprint density at radius 3 is 1.18 bits per heavy atom. The standard InChI is InChI=1S/C16H26N3O3P.C16H28N3O2P.C15H24N3O3P.2C15H26N3O3P/c1-10-8-19(11(2)18-14(10)17)15-12-13(20)16(22-15,9-21-12)6-7-23(3,4)5;1-11-18-13(17)7-9-19(11)15-16(2,3)14(20)12(21-15)8-10-22(4,5)6;1-10-17-11(16)5-7-18(10)14-12-13(19)15(21-14,9-20-12)6-8-22(2,3)4;1-10-17-12(16)6-8-18(10)14-15(2,20)13(19)11(21-14)7-9-22(3,4)5;1-10-17-11(16)6-8-18(10)14-12(19)13(20)15(2,21-14)7-9-22(3,4)5/h8,12-13,15,20H,2-3,6-7,9H2,1,4-5H3,(H2,17,18);7,9,12,14-15,20H,1,4,8,10H2,2-3,5-6H3,(H2,17,18);5,7,12-14,19H,1-2,6,8-9H2,3-4H3,(H2,16,17);6,8,11,13-14,19-20H,1,3,7,9H2,2,4-5H3,(H2,16,17);6,8,12-14,19-20H,1,3,7,9H2,2,4-5H3,(H2,16,17)/t12-,13+,15?,16+;12-,14-,15?;12-,13+,14?,15+;11-,13-,14?,15+;12-,13+,14?,15-/m11111/s1. The summed E-state index contributed by atoms with van der Waals surface area (Å²) >= 11 is 0. The third-order valence-corrected chi connectivity index (χ3v) is 28.7. The van der Waals surface area contributed by atoms with Gasteiger partial charge in [-0.3, -0.25) is 0 Å². The zero-order valence-electron chi connectivity index (χ0n) is 68.0. The predicted molar refractivity (Wildman–Crippen MR) is 466 cm³/mol. The molecular weight excluding hydrogens is 1510 g/mol. The number of ether oxygens (including phenoxy) is 7. The van der Waals surface area contributed by atoms with Crippen molar-refractivity contribution in [3.05, 3.63) is 123 Å². The van der Waals surface area contributed by atoms with Gasteiger partial charge in [0.2, 0.25) is 0 Å². The van der Waals surface area contributed by atoms with E-state index in [-0.39, 0.29) is 12.3 Å². The van der Waals surface area contributed by atoms with E-state index >= 15 is 0 Å². The second-order valence-electron chi connectivity index (χ2n) is 35.3. The normalized spacial score (nSPS) is 35.6. The van der Waals surface area contributed by atoms with Crippen LogP contribution in [0.5, 0.6) is 0 Å². The molecule has 111 heavy (non-hydrogen) atoms. The molecule has 0 saturated carbocycles. The second-order valence-corrected chi connectivity index (χ2v) is 56.9. The Balaban J connectivity index is 0.000000174. The molecule has 0 aromatic rings. The lowest BCUT2D eigenvalue weighted by Crippen LogP contribution is -2.51. The minimum atomic E-state index is -1.43. The Labute approximate surface area is 659 Å². The van der Waals surface area contributed by atoms with E-state index in [1.165, 1.54) is 0 Å². The molecule has 12 aliphatic heterocycles. The van der Waals surface area contributed by atoms with Crippen molar-refractivity contribution in [3.63, 3.8) is 0 Å². The highest BCUT2D eigenvalue weighted by atomic mass is 31.2. The number of aliphatic hydroxyl groups is 7. The van der Waals surface area contributed by atoms with Gasteiger partial charge in [0.15, 0.2) is 24.9 Å². The molecule has 12 rings (SSSR count). The van der Waals surface area contributed by atoms with E-state index in [1.807, 2.05) is 49.9 Å². The zero-order valence-corrected chi connectivity index (χ0v) is 72.5. The van der Waals surface area contributed by atoms with Gasteiger partial charge in [0.05, 0.1) is 37.1 Å². The van der Waals surface area contributed by atoms with E-state index in [2.05, 4.69) is 156 Å². The van der Waals surface area contributed by atoms with Crippen LogP contribution in [0.1, 0.15) is 66.7 Å². The number of aliphatic hydroxyl groups excluding tert-OH is 6. The summed E-state index contributed by atoms with van der Waals surface area (Å²) < 4.78 is 42.2. The molecule has 12 aliphatic rings. The molecule has 0 amide bonds. The molecular formula is C77H130N15O14P5. The Bertz CT molecular complexity index is 3980. The summed E-state index contributed by atoms with van der Waals surface area (Å²) in [6.07, 6.45) is 35.8. The van der Waals surface area contributed by atoms with Crippen LogP contribution < -0.4 is 28.7 Å². The zero-order chi connectivity index (χ0) is 83.2. The molecule has 34 heteroatoms. The number of fused-ring (bicyclic) bond motifs is 4. The lowest BCUT2D eigenvalue weighted by Gasteiger charge is -2.37. The van der Waals surface area contributed by atoms with Gasteiger partial charge < -0.3 is 122 Å². The van der Waals surface area contributed by atoms with Gasteiger partial charge in [0.25, 0.3) is 0 Å². The topological polar surface area (TPSA) is 414 Å². The van der Waals surface area contributed by atoms with Gasteiger partial charge in [-0.1, -0.05) is 46.7 Å². The van der Waals surface area contributed by atoms with Crippen LogP contribution in [0, 0.1) is 5.41 Å². The first-order valence-electron chi connectivity index (χ1n) is 37.2. The molecule has 5 unspecified atom stereocenters. The van der Waals surface area contributed by atoms with Crippen molar-refractivity contribution >= 4 is 95.1 Å². The molecule has 622 valence electrons. The summed E-state index contributed by atoms with van der Waals surface area (Å²) in [4.78, 5) is 29.3. The summed E-state index contributed by atoms with van der Waals surface area (Å²) in [6.45, 7) is 45.2. The van der Waals surface area contributed by atoms with Crippen LogP contribution in [0.15, 0.2) is 148 Å². The number of aliphatic imine (C=N–C) groups is 5. The van der Waals surface area contributed by atoms with Crippen molar-refractivity contribution in [1.82, 2.24) is 24.5 Å². The monoisotopic (exact) mass is 1640 g/mol. The SMILES string of the molecule is C=C1N=C(N)C(C)=CN1C1O[C@@]2(CCP(=C)(C)C)CO[C@@H]1[C@@H]2O.C=C1N=C(N)C=CN1C1O[C@@]2(CCP(=C)(C)C)CO[C@@H]1[C@@H]2O.C=C1N=C(N)C=CN1C1O[C@H](CCP(=C)(C)C)[C@@H](O)C1(C)C.C=C1N=C(N)C=CN1C1O[C@H](CCP(=C)(C)C)[C@@H](O)[C@]1(C)O.C=C1N=C(N)C=CN1C1O[C@](C)(CCP(=C)(C)C)[C@@H](O)[C@H]1O. The van der Waals surface area contributed by atoms with Crippen LogP contribution >= 0.6 is 34.4 Å². The van der Waals surface area contributed by atoms with Gasteiger partial charge in [-0.2, -0.15) is 0 Å². The van der Waals surface area contributed by atoms with Crippen molar-refractivity contribution < 1.29 is 68.9 Å². The minimum Gasteiger partial charge on any atom is -0.390 e. The number of nitrogens with zero attached hydrogens (tertiary/aromatic N) is 10. The van der Waals surface area contributed by atoms with Crippen molar-refractivity contribution in [2.45, 2.75) is 181 Å². The number of nitrogens with two attached hydrogens (primary N) is 5. The maximum absolute atomic E-state index is 10.7.